The number of fused-ring (bicyclic) bond motifs is 1. The molecule has 1 heterocycles. The van der Waals surface area contributed by atoms with Crippen LogP contribution in [0.4, 0.5) is 0 Å². The molecule has 0 radical (unpaired) electrons. The highest BCUT2D eigenvalue weighted by atomic mass is 15.3. The molecular formula is C10H11N. The summed E-state index contributed by atoms with van der Waals surface area (Å²) in [6.45, 7) is 2.13. The molecule has 2 fully saturated rings. The zero-order valence-corrected chi connectivity index (χ0v) is 6.54. The van der Waals surface area contributed by atoms with Crippen LogP contribution >= 0.6 is 0 Å². The summed E-state index contributed by atoms with van der Waals surface area (Å²) >= 11 is 0. The minimum atomic E-state index is 0.845. The molecule has 2 unspecified atom stereocenters. The zero-order chi connectivity index (χ0) is 7.42. The van der Waals surface area contributed by atoms with Crippen molar-refractivity contribution in [3.8, 4) is 0 Å². The van der Waals surface area contributed by atoms with Crippen molar-refractivity contribution < 1.29 is 0 Å². The summed E-state index contributed by atoms with van der Waals surface area (Å²) in [7, 11) is 0. The molecule has 11 heavy (non-hydrogen) atoms. The van der Waals surface area contributed by atoms with Gasteiger partial charge in [-0.15, -0.1) is 0 Å². The van der Waals surface area contributed by atoms with Crippen molar-refractivity contribution in [2.75, 3.05) is 0 Å². The number of rotatable bonds is 1. The van der Waals surface area contributed by atoms with Gasteiger partial charge in [0, 0.05) is 18.0 Å². The SMILES string of the molecule is Cc1ccc(C2C3NC32)cc1. The van der Waals surface area contributed by atoms with Crippen LogP contribution in [0.15, 0.2) is 24.3 Å². The summed E-state index contributed by atoms with van der Waals surface area (Å²) in [5, 5.41) is 3.36. The van der Waals surface area contributed by atoms with Crippen molar-refractivity contribution in [1.82, 2.24) is 5.32 Å². The maximum atomic E-state index is 3.36. The van der Waals surface area contributed by atoms with Crippen molar-refractivity contribution >= 4 is 0 Å². The van der Waals surface area contributed by atoms with Crippen LogP contribution in [0.3, 0.4) is 0 Å². The van der Waals surface area contributed by atoms with E-state index in [4.69, 9.17) is 0 Å². The first-order valence-corrected chi connectivity index (χ1v) is 4.19. The third-order valence-electron chi connectivity index (χ3n) is 2.76. The monoisotopic (exact) mass is 145 g/mol. The summed E-state index contributed by atoms with van der Waals surface area (Å²) in [5.74, 6) is 0.857. The van der Waals surface area contributed by atoms with Gasteiger partial charge in [0.15, 0.2) is 0 Å². The van der Waals surface area contributed by atoms with Gasteiger partial charge in [0.25, 0.3) is 0 Å². The minimum Gasteiger partial charge on any atom is -0.307 e. The van der Waals surface area contributed by atoms with Gasteiger partial charge in [0.2, 0.25) is 0 Å². The third kappa shape index (κ3) is 0.746. The van der Waals surface area contributed by atoms with Gasteiger partial charge in [-0.2, -0.15) is 0 Å². The van der Waals surface area contributed by atoms with Gasteiger partial charge in [-0.25, -0.2) is 0 Å². The second-order valence-corrected chi connectivity index (χ2v) is 3.65. The van der Waals surface area contributed by atoms with Crippen LogP contribution < -0.4 is 5.32 Å². The highest BCUT2D eigenvalue weighted by Gasteiger charge is 2.64. The second-order valence-electron chi connectivity index (χ2n) is 3.65. The molecule has 0 aromatic heterocycles. The van der Waals surface area contributed by atoms with Gasteiger partial charge < -0.3 is 5.32 Å². The summed E-state index contributed by atoms with van der Waals surface area (Å²) in [6.07, 6.45) is 0. The Bertz CT molecular complexity index is 280. The van der Waals surface area contributed by atoms with Gasteiger partial charge >= 0.3 is 0 Å². The number of benzene rings is 1. The van der Waals surface area contributed by atoms with Crippen LogP contribution in [0.25, 0.3) is 0 Å². The van der Waals surface area contributed by atoms with Crippen molar-refractivity contribution in [2.45, 2.75) is 24.9 Å². The Hall–Kier alpha value is -0.820. The van der Waals surface area contributed by atoms with E-state index >= 15 is 0 Å². The number of hydrogen-bond acceptors (Lipinski definition) is 1. The highest BCUT2D eigenvalue weighted by molar-refractivity contribution is 5.42. The Morgan fingerprint density at radius 1 is 1.09 bits per heavy atom. The average molecular weight is 145 g/mol. The maximum Gasteiger partial charge on any atom is 0.0315 e. The van der Waals surface area contributed by atoms with Crippen molar-refractivity contribution in [3.05, 3.63) is 35.4 Å². The van der Waals surface area contributed by atoms with E-state index in [1.54, 1.807) is 0 Å². The predicted octanol–water partition coefficient (Wildman–Crippen LogP) is 1.43. The van der Waals surface area contributed by atoms with E-state index in [0.717, 1.165) is 18.0 Å². The molecule has 2 atom stereocenters. The fourth-order valence-electron chi connectivity index (χ4n) is 1.77. The smallest absolute Gasteiger partial charge is 0.0315 e. The minimum absolute atomic E-state index is 0.845. The van der Waals surface area contributed by atoms with E-state index in [1.165, 1.54) is 11.1 Å². The zero-order valence-electron chi connectivity index (χ0n) is 6.54. The third-order valence-corrected chi connectivity index (χ3v) is 2.76. The molecule has 1 nitrogen and oxygen atoms in total. The van der Waals surface area contributed by atoms with E-state index in [0.29, 0.717) is 0 Å². The normalized spacial score (nSPS) is 38.1. The molecule has 1 aromatic carbocycles. The summed E-state index contributed by atoms with van der Waals surface area (Å²) < 4.78 is 0. The molecule has 1 aliphatic heterocycles. The van der Waals surface area contributed by atoms with Crippen LogP contribution in [0, 0.1) is 6.92 Å². The van der Waals surface area contributed by atoms with Crippen LogP contribution in [0.2, 0.25) is 0 Å². The summed E-state index contributed by atoms with van der Waals surface area (Å²) in [4.78, 5) is 0. The molecule has 1 N–H and O–H groups in total. The fourth-order valence-corrected chi connectivity index (χ4v) is 1.77. The van der Waals surface area contributed by atoms with Crippen molar-refractivity contribution in [3.63, 3.8) is 0 Å². The highest BCUT2D eigenvalue weighted by Crippen LogP contribution is 2.52. The first kappa shape index (κ1) is 5.78. The Labute approximate surface area is 66.4 Å². The van der Waals surface area contributed by atoms with E-state index in [-0.39, 0.29) is 0 Å². The molecule has 1 saturated carbocycles. The molecule has 1 saturated heterocycles. The van der Waals surface area contributed by atoms with E-state index in [9.17, 15) is 0 Å². The molecule has 56 valence electrons. The van der Waals surface area contributed by atoms with Crippen LogP contribution in [0.1, 0.15) is 17.0 Å². The lowest BCUT2D eigenvalue weighted by atomic mass is 10.1. The fraction of sp³-hybridized carbons (Fsp3) is 0.400. The molecule has 1 aromatic rings. The number of nitrogens with one attached hydrogen (secondary N) is 1. The quantitative estimate of drug-likeness (QED) is 0.593. The van der Waals surface area contributed by atoms with E-state index in [1.807, 2.05) is 0 Å². The first-order valence-electron chi connectivity index (χ1n) is 4.19. The average Bonchev–Trinajstić information content (AvgIpc) is 2.80. The predicted molar refractivity (Wildman–Crippen MR) is 44.6 cm³/mol. The first-order chi connectivity index (χ1) is 5.36. The largest absolute Gasteiger partial charge is 0.307 e. The lowest BCUT2D eigenvalue weighted by Gasteiger charge is -2.03. The molecule has 0 bridgehead atoms. The standard InChI is InChI=1S/C10H11N/c1-6-2-4-7(5-3-6)8-9-10(8)11-9/h2-5,8-11H,1H3. The maximum absolute atomic E-state index is 3.36. The lowest BCUT2D eigenvalue weighted by Crippen LogP contribution is -2.05. The van der Waals surface area contributed by atoms with Gasteiger partial charge in [-0.3, -0.25) is 0 Å². The molecule has 1 heteroatoms. The topological polar surface area (TPSA) is 21.9 Å². The Morgan fingerprint density at radius 3 is 2.18 bits per heavy atom. The summed E-state index contributed by atoms with van der Waals surface area (Å²) in [5.41, 5.74) is 2.88. The van der Waals surface area contributed by atoms with Crippen molar-refractivity contribution in [2.24, 2.45) is 0 Å². The number of hydrogen-bond donors (Lipinski definition) is 1. The van der Waals surface area contributed by atoms with Gasteiger partial charge in [-0.05, 0) is 12.5 Å². The molecule has 3 rings (SSSR count). The van der Waals surface area contributed by atoms with Gasteiger partial charge in [-0.1, -0.05) is 29.8 Å². The molecule has 2 aliphatic rings. The van der Waals surface area contributed by atoms with Gasteiger partial charge in [0.1, 0.15) is 0 Å². The number of aryl methyl sites for hydroxylation is 1. The Morgan fingerprint density at radius 2 is 1.73 bits per heavy atom. The second kappa shape index (κ2) is 1.67. The van der Waals surface area contributed by atoms with E-state index < -0.39 is 0 Å². The van der Waals surface area contributed by atoms with Crippen molar-refractivity contribution in [1.29, 1.82) is 0 Å². The van der Waals surface area contributed by atoms with Crippen LogP contribution in [0.5, 0.6) is 0 Å². The molecule has 0 spiro atoms. The molecular weight excluding hydrogens is 134 g/mol. The van der Waals surface area contributed by atoms with Crippen LogP contribution in [-0.2, 0) is 0 Å². The Balaban J connectivity index is 1.91. The Kier molecular flexibility index (Phi) is 0.878. The molecule has 0 amide bonds. The summed E-state index contributed by atoms with van der Waals surface area (Å²) in [6, 6.07) is 10.6. The molecule has 1 aliphatic carbocycles. The van der Waals surface area contributed by atoms with Gasteiger partial charge in [0.05, 0.1) is 0 Å². The van der Waals surface area contributed by atoms with E-state index in [2.05, 4.69) is 36.5 Å². The lowest BCUT2D eigenvalue weighted by molar-refractivity contribution is 0.785. The van der Waals surface area contributed by atoms with Crippen LogP contribution in [-0.4, -0.2) is 12.1 Å².